The molecule has 1 fully saturated rings. The Hall–Kier alpha value is -0.610. The largest absolute Gasteiger partial charge is 0.354 e. The van der Waals surface area contributed by atoms with E-state index in [9.17, 15) is 4.79 Å². The lowest BCUT2D eigenvalue weighted by Gasteiger charge is -2.24. The zero-order valence-electron chi connectivity index (χ0n) is 11.9. The fourth-order valence-corrected chi connectivity index (χ4v) is 2.59. The molecule has 0 spiro atoms. The van der Waals surface area contributed by atoms with E-state index in [0.717, 1.165) is 0 Å². The quantitative estimate of drug-likeness (QED) is 0.631. The Morgan fingerprint density at radius 1 is 1.22 bits per heavy atom. The Morgan fingerprint density at radius 2 is 1.83 bits per heavy atom. The third-order valence-corrected chi connectivity index (χ3v) is 3.49. The van der Waals surface area contributed by atoms with Crippen molar-refractivity contribution in [1.29, 1.82) is 0 Å². The van der Waals surface area contributed by atoms with Crippen LogP contribution in [0, 0.1) is 0 Å². The van der Waals surface area contributed by atoms with E-state index in [1.807, 2.05) is 13.8 Å². The summed E-state index contributed by atoms with van der Waals surface area (Å²) >= 11 is 0. The maximum atomic E-state index is 11.7. The number of nitrogens with two attached hydrogens (primary N) is 1. The van der Waals surface area contributed by atoms with Crippen LogP contribution in [0.15, 0.2) is 0 Å². The molecule has 0 radical (unpaired) electrons. The molecule has 1 rings (SSSR count). The highest BCUT2D eigenvalue weighted by atomic mass is 16.1. The summed E-state index contributed by atoms with van der Waals surface area (Å²) in [5.74, 6) is 0.0987. The van der Waals surface area contributed by atoms with Crippen LogP contribution in [0.25, 0.3) is 0 Å². The number of hydrogen-bond donors (Lipinski definition) is 3. The molecule has 4 N–H and O–H groups in total. The summed E-state index contributed by atoms with van der Waals surface area (Å²) in [6.45, 7) is 4.49. The Labute approximate surface area is 111 Å². The van der Waals surface area contributed by atoms with E-state index in [1.165, 1.54) is 38.5 Å². The molecule has 0 bridgehead atoms. The average molecular weight is 255 g/mol. The molecule has 1 saturated carbocycles. The molecule has 4 nitrogen and oxygen atoms in total. The van der Waals surface area contributed by atoms with Gasteiger partial charge in [0.2, 0.25) is 5.91 Å². The lowest BCUT2D eigenvalue weighted by molar-refractivity contribution is -0.122. The van der Waals surface area contributed by atoms with Crippen molar-refractivity contribution in [2.24, 2.45) is 5.73 Å². The second-order valence-corrected chi connectivity index (χ2v) is 5.71. The van der Waals surface area contributed by atoms with Gasteiger partial charge < -0.3 is 16.4 Å². The molecule has 1 aliphatic rings. The first-order valence-electron chi connectivity index (χ1n) is 7.37. The summed E-state index contributed by atoms with van der Waals surface area (Å²) in [4.78, 5) is 11.7. The van der Waals surface area contributed by atoms with Crippen LogP contribution in [-0.2, 0) is 4.79 Å². The number of rotatable bonds is 6. The van der Waals surface area contributed by atoms with Gasteiger partial charge in [-0.05, 0) is 26.7 Å². The van der Waals surface area contributed by atoms with E-state index < -0.39 is 0 Å². The standard InChI is InChI=1S/C14H29N3O/c1-11(2)16-14(18)9-13(10-15)17-12-7-5-3-4-6-8-12/h11-13,17H,3-10,15H2,1-2H3,(H,16,18). The zero-order valence-corrected chi connectivity index (χ0v) is 11.9. The first-order valence-corrected chi connectivity index (χ1v) is 7.37. The number of carbonyl (C=O) groups excluding carboxylic acids is 1. The topological polar surface area (TPSA) is 67.2 Å². The molecule has 1 unspecified atom stereocenters. The first-order chi connectivity index (χ1) is 8.61. The third kappa shape index (κ3) is 6.36. The summed E-state index contributed by atoms with van der Waals surface area (Å²) in [5.41, 5.74) is 5.77. The van der Waals surface area contributed by atoms with Crippen LogP contribution in [0.5, 0.6) is 0 Å². The zero-order chi connectivity index (χ0) is 13.4. The molecule has 0 aromatic carbocycles. The molecule has 1 atom stereocenters. The first kappa shape index (κ1) is 15.4. The third-order valence-electron chi connectivity index (χ3n) is 3.49. The van der Waals surface area contributed by atoms with Gasteiger partial charge in [-0.2, -0.15) is 0 Å². The van der Waals surface area contributed by atoms with Crippen molar-refractivity contribution >= 4 is 5.91 Å². The monoisotopic (exact) mass is 255 g/mol. The van der Waals surface area contributed by atoms with Crippen molar-refractivity contribution in [2.75, 3.05) is 6.54 Å². The fraction of sp³-hybridized carbons (Fsp3) is 0.929. The smallest absolute Gasteiger partial charge is 0.221 e. The van der Waals surface area contributed by atoms with Crippen molar-refractivity contribution in [2.45, 2.75) is 76.9 Å². The summed E-state index contributed by atoms with van der Waals surface area (Å²) in [6, 6.07) is 0.869. The Kier molecular flexibility index (Phi) is 7.28. The normalized spacial score (nSPS) is 19.6. The lowest BCUT2D eigenvalue weighted by atomic mass is 10.1. The van der Waals surface area contributed by atoms with Crippen molar-refractivity contribution in [1.82, 2.24) is 10.6 Å². The molecular weight excluding hydrogens is 226 g/mol. The van der Waals surface area contributed by atoms with Crippen molar-refractivity contribution in [3.63, 3.8) is 0 Å². The van der Waals surface area contributed by atoms with Gasteiger partial charge in [-0.15, -0.1) is 0 Å². The Balaban J connectivity index is 2.33. The van der Waals surface area contributed by atoms with Crippen molar-refractivity contribution < 1.29 is 4.79 Å². The molecular formula is C14H29N3O. The number of nitrogens with one attached hydrogen (secondary N) is 2. The van der Waals surface area contributed by atoms with Crippen molar-refractivity contribution in [3.8, 4) is 0 Å². The SMILES string of the molecule is CC(C)NC(=O)CC(CN)NC1CCCCCC1. The molecule has 106 valence electrons. The van der Waals surface area contributed by atoms with Crippen LogP contribution >= 0.6 is 0 Å². The van der Waals surface area contributed by atoms with Gasteiger partial charge in [0.15, 0.2) is 0 Å². The highest BCUT2D eigenvalue weighted by Crippen LogP contribution is 2.17. The minimum absolute atomic E-state index is 0.0987. The van der Waals surface area contributed by atoms with Gasteiger partial charge in [-0.3, -0.25) is 4.79 Å². The second-order valence-electron chi connectivity index (χ2n) is 5.71. The minimum atomic E-state index is 0.0987. The summed E-state index contributed by atoms with van der Waals surface area (Å²) in [7, 11) is 0. The maximum Gasteiger partial charge on any atom is 0.221 e. The van der Waals surface area contributed by atoms with E-state index in [0.29, 0.717) is 19.0 Å². The van der Waals surface area contributed by atoms with Crippen LogP contribution < -0.4 is 16.4 Å². The summed E-state index contributed by atoms with van der Waals surface area (Å²) in [5, 5.41) is 6.49. The molecule has 0 saturated heterocycles. The van der Waals surface area contributed by atoms with Gasteiger partial charge in [0, 0.05) is 31.1 Å². The van der Waals surface area contributed by atoms with Gasteiger partial charge in [0.05, 0.1) is 0 Å². The van der Waals surface area contributed by atoms with Gasteiger partial charge in [-0.25, -0.2) is 0 Å². The van der Waals surface area contributed by atoms with E-state index >= 15 is 0 Å². The van der Waals surface area contributed by atoms with E-state index in [4.69, 9.17) is 5.73 Å². The molecule has 1 amide bonds. The van der Waals surface area contributed by atoms with E-state index in [1.54, 1.807) is 0 Å². The van der Waals surface area contributed by atoms with Crippen molar-refractivity contribution in [3.05, 3.63) is 0 Å². The molecule has 1 aliphatic carbocycles. The maximum absolute atomic E-state index is 11.7. The van der Waals surface area contributed by atoms with Crippen LogP contribution in [0.4, 0.5) is 0 Å². The van der Waals surface area contributed by atoms with E-state index in [-0.39, 0.29) is 18.0 Å². The van der Waals surface area contributed by atoms with Crippen LogP contribution in [0.3, 0.4) is 0 Å². The molecule has 18 heavy (non-hydrogen) atoms. The van der Waals surface area contributed by atoms with Gasteiger partial charge in [0.25, 0.3) is 0 Å². The molecule has 0 aromatic rings. The van der Waals surface area contributed by atoms with E-state index in [2.05, 4.69) is 10.6 Å². The molecule has 0 heterocycles. The minimum Gasteiger partial charge on any atom is -0.354 e. The molecule has 4 heteroatoms. The second kappa shape index (κ2) is 8.48. The number of hydrogen-bond acceptors (Lipinski definition) is 3. The van der Waals surface area contributed by atoms with Crippen LogP contribution in [-0.4, -0.2) is 30.6 Å². The molecule has 0 aliphatic heterocycles. The Morgan fingerprint density at radius 3 is 2.33 bits per heavy atom. The van der Waals surface area contributed by atoms with Crippen LogP contribution in [0.2, 0.25) is 0 Å². The molecule has 0 aromatic heterocycles. The van der Waals surface area contributed by atoms with Crippen LogP contribution in [0.1, 0.15) is 58.8 Å². The average Bonchev–Trinajstić information content (AvgIpc) is 2.55. The van der Waals surface area contributed by atoms with Gasteiger partial charge in [0.1, 0.15) is 0 Å². The predicted octanol–water partition coefficient (Wildman–Crippen LogP) is 1.54. The summed E-state index contributed by atoms with van der Waals surface area (Å²) in [6.07, 6.45) is 8.23. The number of carbonyl (C=O) groups is 1. The fourth-order valence-electron chi connectivity index (χ4n) is 2.59. The Bertz CT molecular complexity index is 235. The van der Waals surface area contributed by atoms with Gasteiger partial charge in [-0.1, -0.05) is 25.7 Å². The summed E-state index contributed by atoms with van der Waals surface area (Å²) < 4.78 is 0. The highest BCUT2D eigenvalue weighted by molar-refractivity contribution is 5.76. The predicted molar refractivity (Wildman–Crippen MR) is 75.4 cm³/mol. The van der Waals surface area contributed by atoms with Gasteiger partial charge >= 0.3 is 0 Å². The highest BCUT2D eigenvalue weighted by Gasteiger charge is 2.18. The lowest BCUT2D eigenvalue weighted by Crippen LogP contribution is -2.46. The number of amides is 1.